The van der Waals surface area contributed by atoms with Gasteiger partial charge in [-0.1, -0.05) is 13.8 Å². The minimum Gasteiger partial charge on any atom is -0.493 e. The molecule has 2 rings (SSSR count). The fourth-order valence-corrected chi connectivity index (χ4v) is 3.74. The number of aliphatic hydroxyl groups is 1. The molecular weight excluding hydrogens is 388 g/mol. The van der Waals surface area contributed by atoms with Gasteiger partial charge in [0.05, 0.1) is 40.1 Å². The summed E-state index contributed by atoms with van der Waals surface area (Å²) in [6.45, 7) is 9.68. The summed E-state index contributed by atoms with van der Waals surface area (Å²) in [5, 5.41) is 9.69. The van der Waals surface area contributed by atoms with Crippen LogP contribution in [-0.4, -0.2) is 93.7 Å². The van der Waals surface area contributed by atoms with Gasteiger partial charge in [-0.05, 0) is 25.0 Å². The number of hydrogen-bond acceptors (Lipinski definition) is 7. The zero-order chi connectivity index (χ0) is 22.3. The Hall–Kier alpha value is -2.03. The highest BCUT2D eigenvalue weighted by Gasteiger charge is 2.28. The summed E-state index contributed by atoms with van der Waals surface area (Å²) < 4.78 is 22.1. The highest BCUT2D eigenvalue weighted by molar-refractivity contribution is 5.95. The van der Waals surface area contributed by atoms with E-state index in [2.05, 4.69) is 18.7 Å². The van der Waals surface area contributed by atoms with Crippen LogP contribution in [0.1, 0.15) is 31.1 Å². The molecule has 0 bridgehead atoms. The van der Waals surface area contributed by atoms with E-state index in [0.717, 1.165) is 6.54 Å². The molecule has 1 heterocycles. The van der Waals surface area contributed by atoms with Crippen molar-refractivity contribution in [3.63, 3.8) is 0 Å². The van der Waals surface area contributed by atoms with E-state index in [9.17, 15) is 9.90 Å². The van der Waals surface area contributed by atoms with Crippen LogP contribution in [0.25, 0.3) is 0 Å². The van der Waals surface area contributed by atoms with E-state index in [-0.39, 0.29) is 12.0 Å². The summed E-state index contributed by atoms with van der Waals surface area (Å²) in [4.78, 5) is 17.4. The van der Waals surface area contributed by atoms with Gasteiger partial charge >= 0.3 is 0 Å². The molecule has 1 amide bonds. The smallest absolute Gasteiger partial charge is 0.254 e. The van der Waals surface area contributed by atoms with Crippen molar-refractivity contribution in [3.05, 3.63) is 17.7 Å². The second-order valence-corrected chi connectivity index (χ2v) is 8.12. The lowest BCUT2D eigenvalue weighted by Crippen LogP contribution is -2.50. The molecule has 8 heteroatoms. The van der Waals surface area contributed by atoms with Gasteiger partial charge in [0, 0.05) is 38.3 Å². The van der Waals surface area contributed by atoms with Crippen molar-refractivity contribution in [2.24, 2.45) is 5.92 Å². The maximum Gasteiger partial charge on any atom is 0.254 e. The molecule has 1 aliphatic heterocycles. The second-order valence-electron chi connectivity index (χ2n) is 8.12. The first-order valence-corrected chi connectivity index (χ1v) is 10.4. The molecule has 30 heavy (non-hydrogen) atoms. The van der Waals surface area contributed by atoms with Gasteiger partial charge in [0.2, 0.25) is 5.75 Å². The number of carbonyl (C=O) groups excluding carboxylic acids is 1. The van der Waals surface area contributed by atoms with Crippen LogP contribution in [0.15, 0.2) is 12.1 Å². The number of benzene rings is 1. The van der Waals surface area contributed by atoms with Crippen molar-refractivity contribution in [2.75, 3.05) is 60.7 Å². The van der Waals surface area contributed by atoms with E-state index in [1.807, 2.05) is 4.90 Å². The molecule has 1 N–H and O–H groups in total. The summed E-state index contributed by atoms with van der Waals surface area (Å²) in [6.07, 6.45) is -0.501. The van der Waals surface area contributed by atoms with Gasteiger partial charge in [-0.15, -0.1) is 0 Å². The molecule has 8 nitrogen and oxygen atoms in total. The van der Waals surface area contributed by atoms with Crippen LogP contribution >= 0.6 is 0 Å². The quantitative estimate of drug-likeness (QED) is 0.614. The molecule has 0 unspecified atom stereocenters. The Morgan fingerprint density at radius 3 is 2.33 bits per heavy atom. The van der Waals surface area contributed by atoms with Crippen LogP contribution in [0.4, 0.5) is 0 Å². The lowest BCUT2D eigenvalue weighted by molar-refractivity contribution is -0.0498. The normalized spacial score (nSPS) is 18.2. The maximum atomic E-state index is 13.4. The Kier molecular flexibility index (Phi) is 9.20. The molecule has 2 atom stereocenters. The molecule has 0 radical (unpaired) electrons. The fourth-order valence-electron chi connectivity index (χ4n) is 3.74. The Morgan fingerprint density at radius 2 is 1.83 bits per heavy atom. The monoisotopic (exact) mass is 424 g/mol. The van der Waals surface area contributed by atoms with E-state index in [1.165, 1.54) is 21.3 Å². The average Bonchev–Trinajstić information content (AvgIpc) is 2.71. The number of amides is 1. The summed E-state index contributed by atoms with van der Waals surface area (Å²) in [5.74, 6) is 1.53. The topological polar surface area (TPSA) is 80.7 Å². The third kappa shape index (κ3) is 6.48. The van der Waals surface area contributed by atoms with Crippen LogP contribution in [-0.2, 0) is 4.74 Å². The van der Waals surface area contributed by atoms with Crippen molar-refractivity contribution in [2.45, 2.75) is 33.0 Å². The third-order valence-electron chi connectivity index (χ3n) is 4.95. The molecule has 0 aromatic heterocycles. The number of nitrogens with zero attached hydrogens (tertiary/aromatic N) is 2. The summed E-state index contributed by atoms with van der Waals surface area (Å²) in [6, 6.07) is 3.36. The number of aliphatic hydroxyl groups excluding tert-OH is 1. The van der Waals surface area contributed by atoms with Gasteiger partial charge in [-0.3, -0.25) is 9.69 Å². The van der Waals surface area contributed by atoms with E-state index >= 15 is 0 Å². The number of methoxy groups -OCH3 is 3. The summed E-state index contributed by atoms with van der Waals surface area (Å²) >= 11 is 0. The Labute approximate surface area is 179 Å². The second kappa shape index (κ2) is 11.4. The minimum atomic E-state index is -0.392. The van der Waals surface area contributed by atoms with Crippen LogP contribution < -0.4 is 14.2 Å². The number of hydrogen-bond donors (Lipinski definition) is 1. The maximum absolute atomic E-state index is 13.4. The Balaban J connectivity index is 2.23. The molecular formula is C22H36N2O6. The fraction of sp³-hybridized carbons (Fsp3) is 0.682. The lowest BCUT2D eigenvalue weighted by Gasteiger charge is -2.36. The van der Waals surface area contributed by atoms with E-state index in [4.69, 9.17) is 18.9 Å². The predicted molar refractivity (Wildman–Crippen MR) is 115 cm³/mol. The number of morpholine rings is 1. The molecule has 1 aromatic rings. The van der Waals surface area contributed by atoms with Crippen molar-refractivity contribution in [1.82, 2.24) is 9.80 Å². The number of ether oxygens (including phenoxy) is 4. The molecule has 170 valence electrons. The number of β-amino-alcohol motifs (C(OH)–C–C–N with tert-alkyl or cyclic N) is 1. The first-order chi connectivity index (χ1) is 14.3. The average molecular weight is 425 g/mol. The van der Waals surface area contributed by atoms with Crippen molar-refractivity contribution in [3.8, 4) is 17.2 Å². The van der Waals surface area contributed by atoms with Gasteiger partial charge in [0.15, 0.2) is 11.5 Å². The van der Waals surface area contributed by atoms with Crippen LogP contribution in [0.2, 0.25) is 0 Å². The first-order valence-electron chi connectivity index (χ1n) is 10.4. The lowest BCUT2D eigenvalue weighted by atomic mass is 10.1. The van der Waals surface area contributed by atoms with E-state index in [0.29, 0.717) is 61.5 Å². The van der Waals surface area contributed by atoms with E-state index < -0.39 is 6.10 Å². The van der Waals surface area contributed by atoms with Crippen LogP contribution in [0, 0.1) is 5.92 Å². The van der Waals surface area contributed by atoms with Gasteiger partial charge < -0.3 is 29.0 Å². The zero-order valence-electron chi connectivity index (χ0n) is 19.0. The molecule has 1 aliphatic rings. The van der Waals surface area contributed by atoms with E-state index in [1.54, 1.807) is 19.1 Å². The third-order valence-corrected chi connectivity index (χ3v) is 4.95. The van der Waals surface area contributed by atoms with Crippen LogP contribution in [0.5, 0.6) is 17.2 Å². The number of carbonyl (C=O) groups is 1. The first kappa shape index (κ1) is 24.2. The highest BCUT2D eigenvalue weighted by atomic mass is 16.5. The largest absolute Gasteiger partial charge is 0.493 e. The number of rotatable bonds is 10. The minimum absolute atomic E-state index is 0.109. The molecule has 1 fully saturated rings. The molecule has 1 aromatic carbocycles. The Bertz CT molecular complexity index is 669. The summed E-state index contributed by atoms with van der Waals surface area (Å²) in [7, 11) is 4.60. The molecule has 0 aliphatic carbocycles. The van der Waals surface area contributed by atoms with Crippen molar-refractivity contribution in [1.29, 1.82) is 0 Å². The Morgan fingerprint density at radius 1 is 1.20 bits per heavy atom. The van der Waals surface area contributed by atoms with Crippen LogP contribution in [0.3, 0.4) is 0 Å². The summed E-state index contributed by atoms with van der Waals surface area (Å²) in [5.41, 5.74) is 0.474. The zero-order valence-corrected chi connectivity index (χ0v) is 19.0. The highest BCUT2D eigenvalue weighted by Crippen LogP contribution is 2.38. The van der Waals surface area contributed by atoms with Crippen molar-refractivity contribution >= 4 is 5.91 Å². The molecule has 0 spiro atoms. The molecule has 0 saturated carbocycles. The predicted octanol–water partition coefficient (Wildman–Crippen LogP) is 1.89. The van der Waals surface area contributed by atoms with Crippen molar-refractivity contribution < 1.29 is 28.8 Å². The van der Waals surface area contributed by atoms with Gasteiger partial charge in [-0.25, -0.2) is 0 Å². The standard InChI is InChI=1S/C22H36N2O6/c1-15(2)11-24(14-18-13-23(7-8-30-18)12-16(3)25)22(26)17-9-19(27-4)21(29-6)20(10-17)28-5/h9-10,15-16,18,25H,7-8,11-14H2,1-6H3/t16-,18-/m0/s1. The SMILES string of the molecule is COc1cc(C(=O)N(CC(C)C)C[C@@H]2CN(C[C@H](C)O)CCO2)cc(OC)c1OC. The molecule has 1 saturated heterocycles. The van der Waals surface area contributed by atoms with Gasteiger partial charge in [-0.2, -0.15) is 0 Å². The van der Waals surface area contributed by atoms with Gasteiger partial charge in [0.1, 0.15) is 0 Å². The van der Waals surface area contributed by atoms with Gasteiger partial charge in [0.25, 0.3) is 5.91 Å².